The van der Waals surface area contributed by atoms with Gasteiger partial charge >= 0.3 is 0 Å². The van der Waals surface area contributed by atoms with E-state index in [4.69, 9.17) is 9.73 Å². The minimum absolute atomic E-state index is 0. The number of thiazole rings is 1. The van der Waals surface area contributed by atoms with Gasteiger partial charge < -0.3 is 15.0 Å². The van der Waals surface area contributed by atoms with E-state index in [1.807, 2.05) is 27.0 Å². The van der Waals surface area contributed by atoms with Crippen LogP contribution in [0, 0.1) is 0 Å². The van der Waals surface area contributed by atoms with Crippen molar-refractivity contribution in [2.75, 3.05) is 45.1 Å². The summed E-state index contributed by atoms with van der Waals surface area (Å²) in [5.41, 5.74) is 0. The first-order chi connectivity index (χ1) is 13.4. The van der Waals surface area contributed by atoms with Crippen molar-refractivity contribution in [3.63, 3.8) is 0 Å². The Kier molecular flexibility index (Phi) is 11.9. The molecule has 11 heteroatoms. The van der Waals surface area contributed by atoms with Crippen LogP contribution in [0.3, 0.4) is 0 Å². The van der Waals surface area contributed by atoms with Gasteiger partial charge in [0, 0.05) is 43.8 Å². The lowest BCUT2D eigenvalue weighted by molar-refractivity contribution is 0.0904. The maximum atomic E-state index is 12.5. The van der Waals surface area contributed by atoms with Crippen LogP contribution < -0.4 is 5.32 Å². The SMILES string of the molecule is CCNC(=NCc1ncc(CC)s1)N1CCN(S(=O)(=O)CCOC(C)C)CC1.I. The first kappa shape index (κ1) is 26.5. The lowest BCUT2D eigenvalue weighted by atomic mass is 10.4. The van der Waals surface area contributed by atoms with Crippen molar-refractivity contribution in [3.05, 3.63) is 16.1 Å². The molecule has 0 amide bonds. The predicted molar refractivity (Wildman–Crippen MR) is 130 cm³/mol. The second kappa shape index (κ2) is 13.0. The summed E-state index contributed by atoms with van der Waals surface area (Å²) < 4.78 is 31.9. The van der Waals surface area contributed by atoms with Crippen LogP contribution in [0.1, 0.15) is 37.6 Å². The highest BCUT2D eigenvalue weighted by atomic mass is 127. The summed E-state index contributed by atoms with van der Waals surface area (Å²) in [7, 11) is -3.28. The Hall–Kier alpha value is -0.500. The van der Waals surface area contributed by atoms with Crippen molar-refractivity contribution in [1.82, 2.24) is 19.5 Å². The van der Waals surface area contributed by atoms with Gasteiger partial charge in [0.05, 0.1) is 25.0 Å². The van der Waals surface area contributed by atoms with Crippen molar-refractivity contribution in [3.8, 4) is 0 Å². The molecule has 0 unspecified atom stereocenters. The maximum Gasteiger partial charge on any atom is 0.216 e. The molecular formula is C18H34IN5O3S2. The van der Waals surface area contributed by atoms with Gasteiger partial charge in [-0.15, -0.1) is 35.3 Å². The van der Waals surface area contributed by atoms with Gasteiger partial charge in [-0.1, -0.05) is 6.92 Å². The number of nitrogens with one attached hydrogen (secondary N) is 1. The van der Waals surface area contributed by atoms with E-state index in [1.54, 1.807) is 15.6 Å². The van der Waals surface area contributed by atoms with E-state index in [-0.39, 0.29) is 42.4 Å². The van der Waals surface area contributed by atoms with Gasteiger partial charge in [-0.2, -0.15) is 4.31 Å². The monoisotopic (exact) mass is 559 g/mol. The Morgan fingerprint density at radius 3 is 2.55 bits per heavy atom. The van der Waals surface area contributed by atoms with Crippen LogP contribution in [0.2, 0.25) is 0 Å². The van der Waals surface area contributed by atoms with Gasteiger partial charge in [0.25, 0.3) is 0 Å². The lowest BCUT2D eigenvalue weighted by Gasteiger charge is -2.35. The largest absolute Gasteiger partial charge is 0.378 e. The van der Waals surface area contributed by atoms with E-state index in [2.05, 4.69) is 22.1 Å². The molecule has 8 nitrogen and oxygen atoms in total. The van der Waals surface area contributed by atoms with Gasteiger partial charge in [0.1, 0.15) is 5.01 Å². The standard InChI is InChI=1S/C18H33N5O3S2.HI/c1-5-16-13-20-17(27-16)14-21-18(19-6-2)22-7-9-23(10-8-22)28(24,25)12-11-26-15(3)4;/h13,15H,5-12,14H2,1-4H3,(H,19,21);1H. The zero-order valence-corrected chi connectivity index (χ0v) is 21.7. The summed E-state index contributed by atoms with van der Waals surface area (Å²) in [6, 6.07) is 0. The molecule has 0 saturated carbocycles. The van der Waals surface area contributed by atoms with Crippen LogP contribution >= 0.6 is 35.3 Å². The number of hydrogen-bond acceptors (Lipinski definition) is 6. The van der Waals surface area contributed by atoms with E-state index < -0.39 is 10.0 Å². The predicted octanol–water partition coefficient (Wildman–Crippen LogP) is 2.16. The maximum absolute atomic E-state index is 12.5. The summed E-state index contributed by atoms with van der Waals surface area (Å²) in [5, 5.41) is 4.31. The molecule has 1 aromatic heterocycles. The highest BCUT2D eigenvalue weighted by molar-refractivity contribution is 14.0. The molecular weight excluding hydrogens is 525 g/mol. The second-order valence-corrected chi connectivity index (χ2v) is 10.2. The molecule has 168 valence electrons. The normalized spacial score (nSPS) is 16.2. The quantitative estimate of drug-likeness (QED) is 0.284. The first-order valence-electron chi connectivity index (χ1n) is 9.92. The van der Waals surface area contributed by atoms with E-state index >= 15 is 0 Å². The number of ether oxygens (including phenoxy) is 1. The first-order valence-corrected chi connectivity index (χ1v) is 12.3. The van der Waals surface area contributed by atoms with Crippen molar-refractivity contribution in [2.24, 2.45) is 4.99 Å². The molecule has 0 aromatic carbocycles. The number of aliphatic imine (C=N–C) groups is 1. The number of aryl methyl sites for hydroxylation is 1. The molecule has 1 aromatic rings. The summed E-state index contributed by atoms with van der Waals surface area (Å²) in [5.74, 6) is 0.847. The fourth-order valence-electron chi connectivity index (χ4n) is 2.85. The minimum Gasteiger partial charge on any atom is -0.378 e. The van der Waals surface area contributed by atoms with Crippen LogP contribution in [0.4, 0.5) is 0 Å². The van der Waals surface area contributed by atoms with Crippen molar-refractivity contribution >= 4 is 51.3 Å². The van der Waals surface area contributed by atoms with E-state index in [0.717, 1.165) is 23.9 Å². The average Bonchev–Trinajstić information content (AvgIpc) is 3.13. The third-order valence-electron chi connectivity index (χ3n) is 4.37. The van der Waals surface area contributed by atoms with Crippen LogP contribution in [0.5, 0.6) is 0 Å². The number of sulfonamides is 1. The van der Waals surface area contributed by atoms with Gasteiger partial charge in [0.2, 0.25) is 10.0 Å². The summed E-state index contributed by atoms with van der Waals surface area (Å²) in [6.45, 7) is 11.7. The summed E-state index contributed by atoms with van der Waals surface area (Å²) in [6.07, 6.45) is 2.94. The topological polar surface area (TPSA) is 87.1 Å². The smallest absolute Gasteiger partial charge is 0.216 e. The highest BCUT2D eigenvalue weighted by Crippen LogP contribution is 2.15. The third kappa shape index (κ3) is 8.64. The van der Waals surface area contributed by atoms with Gasteiger partial charge in [-0.25, -0.2) is 18.4 Å². The number of guanidine groups is 1. The van der Waals surface area contributed by atoms with Crippen LogP contribution in [-0.4, -0.2) is 79.8 Å². The average molecular weight is 560 g/mol. The fraction of sp³-hybridized carbons (Fsp3) is 0.778. The number of hydrogen-bond donors (Lipinski definition) is 1. The van der Waals surface area contributed by atoms with Crippen LogP contribution in [0.25, 0.3) is 0 Å². The van der Waals surface area contributed by atoms with Gasteiger partial charge in [-0.3, -0.25) is 0 Å². The summed E-state index contributed by atoms with van der Waals surface area (Å²) in [4.78, 5) is 12.5. The number of nitrogens with zero attached hydrogens (tertiary/aromatic N) is 4. The molecule has 0 radical (unpaired) electrons. The molecule has 1 N–H and O–H groups in total. The molecule has 29 heavy (non-hydrogen) atoms. The molecule has 0 bridgehead atoms. The van der Waals surface area contributed by atoms with Crippen molar-refractivity contribution in [1.29, 1.82) is 0 Å². The number of halogens is 1. The molecule has 2 heterocycles. The Balaban J connectivity index is 0.00000420. The molecule has 0 aliphatic carbocycles. The van der Waals surface area contributed by atoms with E-state index in [0.29, 0.717) is 32.7 Å². The van der Waals surface area contributed by atoms with Crippen molar-refractivity contribution in [2.45, 2.75) is 46.8 Å². The van der Waals surface area contributed by atoms with Gasteiger partial charge in [0.15, 0.2) is 5.96 Å². The third-order valence-corrected chi connectivity index (χ3v) is 7.33. The molecule has 1 fully saturated rings. The molecule has 0 spiro atoms. The Morgan fingerprint density at radius 2 is 2.00 bits per heavy atom. The number of aromatic nitrogens is 1. The Labute approximate surface area is 196 Å². The highest BCUT2D eigenvalue weighted by Gasteiger charge is 2.28. The minimum atomic E-state index is -3.28. The van der Waals surface area contributed by atoms with Crippen LogP contribution in [-0.2, 0) is 27.7 Å². The molecule has 1 aliphatic rings. The summed E-state index contributed by atoms with van der Waals surface area (Å²) >= 11 is 1.69. The van der Waals surface area contributed by atoms with E-state index in [1.165, 1.54) is 4.88 Å². The zero-order valence-electron chi connectivity index (χ0n) is 17.8. The number of piperazine rings is 1. The molecule has 1 aliphatic heterocycles. The molecule has 1 saturated heterocycles. The lowest BCUT2D eigenvalue weighted by Crippen LogP contribution is -2.54. The number of rotatable bonds is 9. The molecule has 0 atom stereocenters. The Bertz CT molecular complexity index is 732. The second-order valence-electron chi connectivity index (χ2n) is 6.87. The van der Waals surface area contributed by atoms with Crippen LogP contribution in [0.15, 0.2) is 11.2 Å². The van der Waals surface area contributed by atoms with Crippen molar-refractivity contribution < 1.29 is 13.2 Å². The van der Waals surface area contributed by atoms with E-state index in [9.17, 15) is 8.42 Å². The van der Waals surface area contributed by atoms with Gasteiger partial charge in [-0.05, 0) is 27.2 Å². The zero-order chi connectivity index (χ0) is 20.6. The molecule has 2 rings (SSSR count). The fourth-order valence-corrected chi connectivity index (χ4v) is 4.92. The Morgan fingerprint density at radius 1 is 1.31 bits per heavy atom.